The predicted octanol–water partition coefficient (Wildman–Crippen LogP) is 2.69. The third kappa shape index (κ3) is 5.20. The van der Waals surface area contributed by atoms with E-state index in [0.717, 1.165) is 41.0 Å². The van der Waals surface area contributed by atoms with Crippen molar-refractivity contribution < 1.29 is 19.1 Å². The number of amides is 3. The first-order valence-corrected chi connectivity index (χ1v) is 11.7. The van der Waals surface area contributed by atoms with Gasteiger partial charge in [0.2, 0.25) is 11.9 Å². The van der Waals surface area contributed by atoms with E-state index >= 15 is 0 Å². The zero-order valence-electron chi connectivity index (χ0n) is 19.4. The predicted molar refractivity (Wildman–Crippen MR) is 127 cm³/mol. The standard InChI is InChI=1S/C24H28ClN5O4/c1-28(2)24-26-13-18(16-6-5-7-17(25)12-16)23(27-24)19-8-3-4-10-29(19)20(31)9-11-30-21(32)14-34-15-22(30)33/h5-7,12-13,19H,3-4,8-11,14-15H2,1-2H3/t19-/m1/s1. The molecule has 1 atom stereocenters. The minimum Gasteiger partial charge on any atom is -0.362 e. The van der Waals surface area contributed by atoms with Crippen LogP contribution in [0.1, 0.15) is 37.4 Å². The average molecular weight is 486 g/mol. The highest BCUT2D eigenvalue weighted by atomic mass is 35.5. The second-order valence-electron chi connectivity index (χ2n) is 8.65. The molecule has 0 bridgehead atoms. The van der Waals surface area contributed by atoms with E-state index in [4.69, 9.17) is 21.3 Å². The zero-order valence-corrected chi connectivity index (χ0v) is 20.1. The Kier molecular flexibility index (Phi) is 7.43. The Bertz CT molecular complexity index is 1080. The molecule has 0 N–H and O–H groups in total. The molecule has 34 heavy (non-hydrogen) atoms. The number of hydrogen-bond acceptors (Lipinski definition) is 7. The fourth-order valence-corrected chi connectivity index (χ4v) is 4.56. The second-order valence-corrected chi connectivity index (χ2v) is 9.09. The lowest BCUT2D eigenvalue weighted by molar-refractivity contribution is -0.158. The molecule has 4 rings (SSSR count). The first kappa shape index (κ1) is 24.1. The maximum Gasteiger partial charge on any atom is 0.255 e. The summed E-state index contributed by atoms with van der Waals surface area (Å²) in [4.78, 5) is 51.5. The van der Waals surface area contributed by atoms with Crippen LogP contribution >= 0.6 is 11.6 Å². The van der Waals surface area contributed by atoms with Gasteiger partial charge in [0.15, 0.2) is 0 Å². The number of nitrogens with zero attached hydrogens (tertiary/aromatic N) is 5. The molecule has 0 radical (unpaired) electrons. The molecular weight excluding hydrogens is 458 g/mol. The number of carbonyl (C=O) groups is 3. The maximum atomic E-state index is 13.3. The van der Waals surface area contributed by atoms with E-state index in [1.165, 1.54) is 0 Å². The number of rotatable bonds is 6. The third-order valence-corrected chi connectivity index (χ3v) is 6.32. The Morgan fingerprint density at radius 1 is 1.21 bits per heavy atom. The van der Waals surface area contributed by atoms with Gasteiger partial charge in [0.25, 0.3) is 11.8 Å². The molecule has 2 fully saturated rings. The number of imide groups is 1. The molecule has 0 aliphatic carbocycles. The van der Waals surface area contributed by atoms with Crippen LogP contribution in [0, 0.1) is 0 Å². The van der Waals surface area contributed by atoms with Crippen molar-refractivity contribution in [3.63, 3.8) is 0 Å². The summed E-state index contributed by atoms with van der Waals surface area (Å²) in [5.41, 5.74) is 2.49. The van der Waals surface area contributed by atoms with Crippen LogP contribution in [-0.2, 0) is 19.1 Å². The smallest absolute Gasteiger partial charge is 0.255 e. The number of hydrogen-bond donors (Lipinski definition) is 0. The molecule has 3 amide bonds. The van der Waals surface area contributed by atoms with E-state index in [1.54, 1.807) is 6.20 Å². The first-order valence-electron chi connectivity index (χ1n) is 11.4. The summed E-state index contributed by atoms with van der Waals surface area (Å²) < 4.78 is 4.95. The fraction of sp³-hybridized carbons (Fsp3) is 0.458. The molecule has 0 spiro atoms. The SMILES string of the molecule is CN(C)c1ncc(-c2cccc(Cl)c2)c([C@H]2CCCCN2C(=O)CCN2C(=O)COCC2=O)n1. The van der Waals surface area contributed by atoms with Gasteiger partial charge in [-0.25, -0.2) is 9.97 Å². The Labute approximate surface area is 203 Å². The Morgan fingerprint density at radius 3 is 2.68 bits per heavy atom. The molecule has 2 aromatic rings. The largest absolute Gasteiger partial charge is 0.362 e. The summed E-state index contributed by atoms with van der Waals surface area (Å²) >= 11 is 6.25. The van der Waals surface area contributed by atoms with Crippen LogP contribution in [0.2, 0.25) is 5.02 Å². The highest BCUT2D eigenvalue weighted by Gasteiger charge is 2.33. The van der Waals surface area contributed by atoms with Gasteiger partial charge in [0, 0.05) is 50.4 Å². The minimum atomic E-state index is -0.408. The summed E-state index contributed by atoms with van der Waals surface area (Å²) in [6, 6.07) is 7.26. The van der Waals surface area contributed by atoms with Gasteiger partial charge in [-0.1, -0.05) is 23.7 Å². The summed E-state index contributed by atoms with van der Waals surface area (Å²) in [7, 11) is 3.75. The van der Waals surface area contributed by atoms with E-state index in [-0.39, 0.29) is 38.1 Å². The van der Waals surface area contributed by atoms with Gasteiger partial charge >= 0.3 is 0 Å². The fourth-order valence-electron chi connectivity index (χ4n) is 4.37. The molecule has 1 aromatic carbocycles. The summed E-state index contributed by atoms with van der Waals surface area (Å²) in [6.45, 7) is 0.370. The van der Waals surface area contributed by atoms with Gasteiger partial charge in [0.05, 0.1) is 11.7 Å². The number of halogens is 1. The highest BCUT2D eigenvalue weighted by molar-refractivity contribution is 6.30. The quantitative estimate of drug-likeness (QED) is 0.580. The van der Waals surface area contributed by atoms with Gasteiger partial charge in [-0.15, -0.1) is 0 Å². The molecule has 3 heterocycles. The van der Waals surface area contributed by atoms with Crippen molar-refractivity contribution in [2.24, 2.45) is 0 Å². The van der Waals surface area contributed by atoms with Crippen molar-refractivity contribution in [3.05, 3.63) is 41.2 Å². The van der Waals surface area contributed by atoms with Crippen LogP contribution in [0.4, 0.5) is 5.95 Å². The molecule has 2 aliphatic rings. The lowest BCUT2D eigenvalue weighted by Crippen LogP contribution is -2.48. The number of likely N-dealkylation sites (tertiary alicyclic amines) is 1. The molecule has 0 saturated carbocycles. The Balaban J connectivity index is 1.63. The number of ether oxygens (including phenoxy) is 1. The maximum absolute atomic E-state index is 13.3. The van der Waals surface area contributed by atoms with E-state index in [0.29, 0.717) is 17.5 Å². The molecule has 1 aromatic heterocycles. The van der Waals surface area contributed by atoms with Crippen LogP contribution in [0.15, 0.2) is 30.5 Å². The van der Waals surface area contributed by atoms with Crippen molar-refractivity contribution in [1.82, 2.24) is 19.8 Å². The van der Waals surface area contributed by atoms with E-state index in [2.05, 4.69) is 4.98 Å². The monoisotopic (exact) mass is 485 g/mol. The molecule has 10 heteroatoms. The number of piperidine rings is 1. The number of morpholine rings is 1. The normalized spacial score (nSPS) is 18.9. The van der Waals surface area contributed by atoms with Crippen LogP contribution in [-0.4, -0.2) is 77.9 Å². The zero-order chi connectivity index (χ0) is 24.2. The number of anilines is 1. The van der Waals surface area contributed by atoms with Crippen molar-refractivity contribution in [2.45, 2.75) is 31.7 Å². The highest BCUT2D eigenvalue weighted by Crippen LogP contribution is 2.37. The van der Waals surface area contributed by atoms with Gasteiger partial charge < -0.3 is 14.5 Å². The van der Waals surface area contributed by atoms with Crippen LogP contribution in [0.3, 0.4) is 0 Å². The summed E-state index contributed by atoms with van der Waals surface area (Å²) in [5, 5.41) is 0.608. The van der Waals surface area contributed by atoms with Gasteiger partial charge in [-0.3, -0.25) is 19.3 Å². The van der Waals surface area contributed by atoms with E-state index in [1.807, 2.05) is 48.2 Å². The van der Waals surface area contributed by atoms with Gasteiger partial charge in [0.1, 0.15) is 13.2 Å². The lowest BCUT2D eigenvalue weighted by Gasteiger charge is -2.37. The molecular formula is C24H28ClN5O4. The Morgan fingerprint density at radius 2 is 1.97 bits per heavy atom. The first-order chi connectivity index (χ1) is 16.3. The van der Waals surface area contributed by atoms with Crippen molar-refractivity contribution in [3.8, 4) is 11.1 Å². The van der Waals surface area contributed by atoms with E-state index in [9.17, 15) is 14.4 Å². The summed E-state index contributed by atoms with van der Waals surface area (Å²) in [5.74, 6) is -0.370. The topological polar surface area (TPSA) is 95.9 Å². The molecule has 180 valence electrons. The van der Waals surface area contributed by atoms with Gasteiger partial charge in [-0.2, -0.15) is 0 Å². The number of benzene rings is 1. The average Bonchev–Trinajstić information content (AvgIpc) is 2.83. The summed E-state index contributed by atoms with van der Waals surface area (Å²) in [6.07, 6.45) is 4.46. The third-order valence-electron chi connectivity index (χ3n) is 6.08. The number of carbonyl (C=O) groups excluding carboxylic acids is 3. The molecule has 0 unspecified atom stereocenters. The van der Waals surface area contributed by atoms with Crippen molar-refractivity contribution in [1.29, 1.82) is 0 Å². The minimum absolute atomic E-state index is 0.0525. The molecule has 2 aliphatic heterocycles. The second kappa shape index (κ2) is 10.5. The van der Waals surface area contributed by atoms with E-state index < -0.39 is 11.8 Å². The Hall–Kier alpha value is -3.04. The van der Waals surface area contributed by atoms with Crippen LogP contribution in [0.5, 0.6) is 0 Å². The molecule has 2 saturated heterocycles. The van der Waals surface area contributed by atoms with Crippen molar-refractivity contribution in [2.75, 3.05) is 45.3 Å². The van der Waals surface area contributed by atoms with Crippen molar-refractivity contribution >= 4 is 35.3 Å². The van der Waals surface area contributed by atoms with Crippen LogP contribution in [0.25, 0.3) is 11.1 Å². The number of aromatic nitrogens is 2. The van der Waals surface area contributed by atoms with Gasteiger partial charge in [-0.05, 0) is 37.0 Å². The lowest BCUT2D eigenvalue weighted by atomic mass is 9.93. The van der Waals surface area contributed by atoms with Crippen LogP contribution < -0.4 is 4.90 Å². The molecule has 9 nitrogen and oxygen atoms in total.